The second-order valence-corrected chi connectivity index (χ2v) is 0.657. The van der Waals surface area contributed by atoms with Gasteiger partial charge in [-0.05, 0) is 0 Å². The zero-order valence-corrected chi connectivity index (χ0v) is 3.17. The molecule has 0 heterocycles. The predicted octanol–water partition coefficient (Wildman–Crippen LogP) is 0.231. The van der Waals surface area contributed by atoms with Gasteiger partial charge in [-0.25, -0.2) is 4.79 Å². The molecular formula is C2H3NO3. The summed E-state index contributed by atoms with van der Waals surface area (Å²) in [6.45, 7) is 1.10. The summed E-state index contributed by atoms with van der Waals surface area (Å²) < 4.78 is 0. The van der Waals surface area contributed by atoms with Crippen molar-refractivity contribution in [2.24, 2.45) is 5.34 Å². The second-order valence-electron chi connectivity index (χ2n) is 0.657. The van der Waals surface area contributed by atoms with Crippen molar-refractivity contribution in [3.63, 3.8) is 0 Å². The minimum absolute atomic E-state index is 0.690. The Morgan fingerprint density at radius 3 is 2.33 bits per heavy atom. The average Bonchev–Trinajstić information content (AvgIpc) is 1.35. The van der Waals surface area contributed by atoms with E-state index in [2.05, 4.69) is 4.84 Å². The molecule has 0 aromatic rings. The van der Waals surface area contributed by atoms with Gasteiger partial charge >= 0.3 is 5.97 Å². The molecule has 0 amide bonds. The Morgan fingerprint density at radius 2 is 2.33 bits per heavy atom. The van der Waals surface area contributed by atoms with Gasteiger partial charge in [0.15, 0.2) is 5.34 Å². The third kappa shape index (κ3) is 3.07. The van der Waals surface area contributed by atoms with Gasteiger partial charge in [-0.2, -0.15) is 0 Å². The lowest BCUT2D eigenvalue weighted by Gasteiger charge is -1.75. The summed E-state index contributed by atoms with van der Waals surface area (Å²) in [5, 5.41) is 1.84. The monoisotopic (exact) mass is 89.0 g/mol. The quantitative estimate of drug-likeness (QED) is 0.341. The maximum absolute atomic E-state index is 9.53. The standard InChI is InChI=1S/C2H3NO3/c1-2(4)6-3-5/h1H3. The maximum Gasteiger partial charge on any atom is 0.335 e. The van der Waals surface area contributed by atoms with Crippen LogP contribution in [0, 0.1) is 4.91 Å². The van der Waals surface area contributed by atoms with Gasteiger partial charge in [-0.3, -0.25) is 4.84 Å². The van der Waals surface area contributed by atoms with Gasteiger partial charge < -0.3 is 0 Å². The van der Waals surface area contributed by atoms with Crippen molar-refractivity contribution < 1.29 is 9.63 Å². The molecule has 0 fully saturated rings. The fourth-order valence-corrected chi connectivity index (χ4v) is 0.0525. The molecule has 0 spiro atoms. The number of hydrogen-bond acceptors (Lipinski definition) is 4. The summed E-state index contributed by atoms with van der Waals surface area (Å²) in [7, 11) is 0. The Kier molecular flexibility index (Phi) is 1.96. The van der Waals surface area contributed by atoms with Gasteiger partial charge in [0, 0.05) is 6.92 Å². The lowest BCUT2D eigenvalue weighted by Crippen LogP contribution is -1.87. The number of rotatable bonds is 1. The molecule has 0 unspecified atom stereocenters. The van der Waals surface area contributed by atoms with E-state index in [1.54, 1.807) is 0 Å². The lowest BCUT2D eigenvalue weighted by molar-refractivity contribution is -0.141. The Labute approximate surface area is 34.0 Å². The minimum atomic E-state index is -0.690. The van der Waals surface area contributed by atoms with Crippen LogP contribution in [0.5, 0.6) is 0 Å². The van der Waals surface area contributed by atoms with Crippen LogP contribution < -0.4 is 0 Å². The highest BCUT2D eigenvalue weighted by molar-refractivity contribution is 5.65. The molecule has 0 aromatic carbocycles. The van der Waals surface area contributed by atoms with E-state index in [0.717, 1.165) is 6.92 Å². The van der Waals surface area contributed by atoms with Crippen LogP contribution in [-0.4, -0.2) is 5.97 Å². The van der Waals surface area contributed by atoms with Crippen molar-refractivity contribution in [3.8, 4) is 0 Å². The fourth-order valence-electron chi connectivity index (χ4n) is 0.0525. The van der Waals surface area contributed by atoms with E-state index in [9.17, 15) is 4.79 Å². The topological polar surface area (TPSA) is 55.7 Å². The number of carbonyl (C=O) groups is 1. The van der Waals surface area contributed by atoms with Gasteiger partial charge in [0.25, 0.3) is 0 Å². The van der Waals surface area contributed by atoms with Gasteiger partial charge in [0.2, 0.25) is 0 Å². The molecule has 0 aliphatic carbocycles. The zero-order valence-electron chi connectivity index (χ0n) is 3.17. The van der Waals surface area contributed by atoms with Crippen molar-refractivity contribution in [1.29, 1.82) is 0 Å². The van der Waals surface area contributed by atoms with Crippen LogP contribution in [0.4, 0.5) is 0 Å². The molecule has 0 atom stereocenters. The Hall–Kier alpha value is -0.930. The van der Waals surface area contributed by atoms with Crippen molar-refractivity contribution in [3.05, 3.63) is 4.91 Å². The summed E-state index contributed by atoms with van der Waals surface area (Å²) >= 11 is 0. The van der Waals surface area contributed by atoms with Crippen LogP contribution in [0.15, 0.2) is 5.34 Å². The molecule has 0 N–H and O–H groups in total. The van der Waals surface area contributed by atoms with Gasteiger partial charge in [-0.1, -0.05) is 0 Å². The molecule has 6 heavy (non-hydrogen) atoms. The minimum Gasteiger partial charge on any atom is -0.285 e. The largest absolute Gasteiger partial charge is 0.335 e. The summed E-state index contributed by atoms with van der Waals surface area (Å²) in [4.78, 5) is 21.9. The molecule has 0 saturated carbocycles. The molecule has 0 bridgehead atoms. The maximum atomic E-state index is 9.53. The van der Waals surface area contributed by atoms with Crippen molar-refractivity contribution in [2.45, 2.75) is 6.92 Å². The second kappa shape index (κ2) is 2.32. The van der Waals surface area contributed by atoms with Crippen LogP contribution in [0.3, 0.4) is 0 Å². The molecule has 4 nitrogen and oxygen atoms in total. The number of carbonyl (C=O) groups excluding carboxylic acids is 1. The average molecular weight is 89.0 g/mol. The summed E-state index contributed by atoms with van der Waals surface area (Å²) in [5.74, 6) is -0.690. The molecule has 0 radical (unpaired) electrons. The molecule has 34 valence electrons. The highest BCUT2D eigenvalue weighted by atomic mass is 16.7. The predicted molar refractivity (Wildman–Crippen MR) is 17.6 cm³/mol. The van der Waals surface area contributed by atoms with Crippen molar-refractivity contribution in [2.75, 3.05) is 0 Å². The summed E-state index contributed by atoms with van der Waals surface area (Å²) in [6, 6.07) is 0. The van der Waals surface area contributed by atoms with Crippen LogP contribution in [-0.2, 0) is 9.63 Å². The van der Waals surface area contributed by atoms with E-state index < -0.39 is 5.97 Å². The van der Waals surface area contributed by atoms with Gasteiger partial charge in [-0.15, -0.1) is 4.91 Å². The van der Waals surface area contributed by atoms with E-state index in [0.29, 0.717) is 0 Å². The summed E-state index contributed by atoms with van der Waals surface area (Å²) in [6.07, 6.45) is 0. The molecule has 0 aliphatic heterocycles. The van der Waals surface area contributed by atoms with E-state index >= 15 is 0 Å². The molecule has 0 saturated heterocycles. The molecule has 0 aromatic heterocycles. The molecule has 0 aliphatic rings. The molecule has 4 heteroatoms. The first kappa shape index (κ1) is 5.07. The van der Waals surface area contributed by atoms with Crippen molar-refractivity contribution >= 4 is 5.97 Å². The van der Waals surface area contributed by atoms with Crippen LogP contribution >= 0.6 is 0 Å². The van der Waals surface area contributed by atoms with E-state index in [-0.39, 0.29) is 0 Å². The first-order valence-corrected chi connectivity index (χ1v) is 1.27. The highest BCUT2D eigenvalue weighted by Gasteiger charge is 1.84. The SMILES string of the molecule is CC(=O)ON=O. The molecule has 0 rings (SSSR count). The lowest BCUT2D eigenvalue weighted by atomic mass is 10.8. The smallest absolute Gasteiger partial charge is 0.285 e. The fraction of sp³-hybridized carbons (Fsp3) is 0.500. The van der Waals surface area contributed by atoms with E-state index in [4.69, 9.17) is 4.91 Å². The first-order chi connectivity index (χ1) is 2.77. The first-order valence-electron chi connectivity index (χ1n) is 1.27. The zero-order chi connectivity index (χ0) is 4.99. The summed E-state index contributed by atoms with van der Waals surface area (Å²) in [5.41, 5.74) is 0. The highest BCUT2D eigenvalue weighted by Crippen LogP contribution is 1.70. The van der Waals surface area contributed by atoms with Gasteiger partial charge in [0.1, 0.15) is 0 Å². The third-order valence-electron chi connectivity index (χ3n) is 0.166. The Bertz CT molecular complexity index is 69.2. The van der Waals surface area contributed by atoms with Crippen LogP contribution in [0.25, 0.3) is 0 Å². The van der Waals surface area contributed by atoms with E-state index in [1.807, 2.05) is 5.34 Å². The van der Waals surface area contributed by atoms with E-state index in [1.165, 1.54) is 0 Å². The third-order valence-corrected chi connectivity index (χ3v) is 0.166. The van der Waals surface area contributed by atoms with Crippen LogP contribution in [0.2, 0.25) is 0 Å². The Morgan fingerprint density at radius 1 is 1.83 bits per heavy atom. The Balaban J connectivity index is 3.05. The van der Waals surface area contributed by atoms with Crippen LogP contribution in [0.1, 0.15) is 6.92 Å². The van der Waals surface area contributed by atoms with Gasteiger partial charge in [0.05, 0.1) is 0 Å². The number of hydrogen-bond donors (Lipinski definition) is 0. The molecular weight excluding hydrogens is 86.0 g/mol. The van der Waals surface area contributed by atoms with Crippen molar-refractivity contribution in [1.82, 2.24) is 0 Å². The normalized spacial score (nSPS) is 6.83. The number of nitrogens with zero attached hydrogens (tertiary/aromatic N) is 1.